The maximum Gasteiger partial charge on any atom is 0.240 e. The SMILES string of the molecule is CO[C@H](C)c1noc(CN[C@H](C)c2ccc(C)o2)n1. The van der Waals surface area contributed by atoms with Crippen LogP contribution in [0.5, 0.6) is 0 Å². The molecule has 2 aromatic heterocycles. The molecule has 2 atom stereocenters. The summed E-state index contributed by atoms with van der Waals surface area (Å²) in [6.45, 7) is 6.31. The lowest BCUT2D eigenvalue weighted by atomic mass is 10.2. The Morgan fingerprint density at radius 3 is 2.79 bits per heavy atom. The fraction of sp³-hybridized carbons (Fsp3) is 0.538. The van der Waals surface area contributed by atoms with Gasteiger partial charge < -0.3 is 13.7 Å². The Hall–Kier alpha value is -1.66. The summed E-state index contributed by atoms with van der Waals surface area (Å²) in [5.41, 5.74) is 0. The van der Waals surface area contributed by atoms with Crippen molar-refractivity contribution in [3.8, 4) is 0 Å². The Morgan fingerprint density at radius 1 is 1.37 bits per heavy atom. The molecular weight excluding hydrogens is 246 g/mol. The van der Waals surface area contributed by atoms with Gasteiger partial charge in [0.15, 0.2) is 5.82 Å². The second-order valence-electron chi connectivity index (χ2n) is 4.48. The molecule has 0 spiro atoms. The molecule has 0 radical (unpaired) electrons. The molecule has 0 amide bonds. The summed E-state index contributed by atoms with van der Waals surface area (Å²) < 4.78 is 15.8. The number of aromatic nitrogens is 2. The molecule has 0 saturated carbocycles. The molecule has 0 bridgehead atoms. The highest BCUT2D eigenvalue weighted by Crippen LogP contribution is 2.16. The van der Waals surface area contributed by atoms with Gasteiger partial charge in [-0.2, -0.15) is 4.98 Å². The van der Waals surface area contributed by atoms with Crippen molar-refractivity contribution in [2.24, 2.45) is 0 Å². The fourth-order valence-corrected chi connectivity index (χ4v) is 1.64. The van der Waals surface area contributed by atoms with Crippen molar-refractivity contribution in [1.29, 1.82) is 0 Å². The van der Waals surface area contributed by atoms with Gasteiger partial charge in [-0.3, -0.25) is 5.32 Å². The van der Waals surface area contributed by atoms with Gasteiger partial charge in [0.2, 0.25) is 5.89 Å². The van der Waals surface area contributed by atoms with Crippen LogP contribution in [0.25, 0.3) is 0 Å². The molecule has 0 saturated heterocycles. The van der Waals surface area contributed by atoms with Gasteiger partial charge >= 0.3 is 0 Å². The third kappa shape index (κ3) is 3.42. The zero-order valence-electron chi connectivity index (χ0n) is 11.6. The van der Waals surface area contributed by atoms with E-state index < -0.39 is 0 Å². The number of ether oxygens (including phenoxy) is 1. The molecule has 0 fully saturated rings. The number of furan rings is 1. The van der Waals surface area contributed by atoms with Crippen LogP contribution < -0.4 is 5.32 Å². The number of hydrogen-bond donors (Lipinski definition) is 1. The Morgan fingerprint density at radius 2 is 2.16 bits per heavy atom. The highest BCUT2D eigenvalue weighted by Gasteiger charge is 2.14. The minimum absolute atomic E-state index is 0.0869. The standard InChI is InChI=1S/C13H19N3O3/c1-8-5-6-11(18-8)9(2)14-7-12-15-13(16-19-12)10(3)17-4/h5-6,9-10,14H,7H2,1-4H3/t9-,10-/m1/s1. The van der Waals surface area contributed by atoms with Gasteiger partial charge in [-0.05, 0) is 32.9 Å². The molecule has 2 rings (SSSR count). The predicted octanol–water partition coefficient (Wildman–Crippen LogP) is 2.53. The van der Waals surface area contributed by atoms with Crippen molar-refractivity contribution in [1.82, 2.24) is 15.5 Å². The van der Waals surface area contributed by atoms with E-state index in [0.717, 1.165) is 11.5 Å². The number of nitrogens with zero attached hydrogens (tertiary/aromatic N) is 2. The number of nitrogens with one attached hydrogen (secondary N) is 1. The first-order valence-corrected chi connectivity index (χ1v) is 6.25. The Kier molecular flexibility index (Phi) is 4.34. The molecule has 0 unspecified atom stereocenters. The third-order valence-electron chi connectivity index (χ3n) is 2.95. The van der Waals surface area contributed by atoms with Crippen molar-refractivity contribution in [2.45, 2.75) is 39.5 Å². The van der Waals surface area contributed by atoms with Crippen LogP contribution in [-0.2, 0) is 11.3 Å². The van der Waals surface area contributed by atoms with Crippen LogP contribution in [0.15, 0.2) is 21.1 Å². The number of aryl methyl sites for hydroxylation is 1. The van der Waals surface area contributed by atoms with Gasteiger partial charge in [-0.1, -0.05) is 5.16 Å². The maximum atomic E-state index is 5.55. The molecule has 0 aliphatic heterocycles. The molecule has 1 N–H and O–H groups in total. The largest absolute Gasteiger partial charge is 0.465 e. The smallest absolute Gasteiger partial charge is 0.240 e. The average molecular weight is 265 g/mol. The van der Waals surface area contributed by atoms with Crippen molar-refractivity contribution in [3.05, 3.63) is 35.4 Å². The fourth-order valence-electron chi connectivity index (χ4n) is 1.64. The molecule has 2 heterocycles. The van der Waals surface area contributed by atoms with Crippen LogP contribution in [0.4, 0.5) is 0 Å². The molecular formula is C13H19N3O3. The topological polar surface area (TPSA) is 73.3 Å². The highest BCUT2D eigenvalue weighted by molar-refractivity contribution is 5.08. The van der Waals surface area contributed by atoms with E-state index in [4.69, 9.17) is 13.7 Å². The summed E-state index contributed by atoms with van der Waals surface area (Å²) in [5.74, 6) is 2.88. The Bertz CT molecular complexity index is 521. The monoisotopic (exact) mass is 265 g/mol. The van der Waals surface area contributed by atoms with E-state index in [1.807, 2.05) is 32.9 Å². The zero-order valence-corrected chi connectivity index (χ0v) is 11.6. The van der Waals surface area contributed by atoms with E-state index in [2.05, 4.69) is 15.5 Å². The van der Waals surface area contributed by atoms with Crippen molar-refractivity contribution >= 4 is 0 Å². The van der Waals surface area contributed by atoms with Crippen LogP contribution in [0.1, 0.15) is 49.2 Å². The predicted molar refractivity (Wildman–Crippen MR) is 68.4 cm³/mol. The molecule has 19 heavy (non-hydrogen) atoms. The van der Waals surface area contributed by atoms with Gasteiger partial charge in [-0.15, -0.1) is 0 Å². The summed E-state index contributed by atoms with van der Waals surface area (Å²) in [4.78, 5) is 4.26. The maximum absolute atomic E-state index is 5.55. The summed E-state index contributed by atoms with van der Waals surface area (Å²) in [6, 6.07) is 3.99. The second-order valence-corrected chi connectivity index (χ2v) is 4.48. The first-order chi connectivity index (χ1) is 9.10. The first kappa shape index (κ1) is 13.8. The van der Waals surface area contributed by atoms with Gasteiger partial charge in [0.1, 0.15) is 17.6 Å². The van der Waals surface area contributed by atoms with E-state index in [0.29, 0.717) is 18.3 Å². The lowest BCUT2D eigenvalue weighted by molar-refractivity contribution is 0.109. The van der Waals surface area contributed by atoms with E-state index >= 15 is 0 Å². The van der Waals surface area contributed by atoms with Crippen LogP contribution in [0.2, 0.25) is 0 Å². The average Bonchev–Trinajstić information content (AvgIpc) is 3.04. The normalized spacial score (nSPS) is 14.5. The number of rotatable bonds is 6. The second kappa shape index (κ2) is 5.99. The first-order valence-electron chi connectivity index (χ1n) is 6.25. The van der Waals surface area contributed by atoms with Gasteiger partial charge in [0.05, 0.1) is 12.6 Å². The Labute approximate surface area is 112 Å². The van der Waals surface area contributed by atoms with Crippen LogP contribution >= 0.6 is 0 Å². The molecule has 104 valence electrons. The van der Waals surface area contributed by atoms with Crippen molar-refractivity contribution < 1.29 is 13.7 Å². The molecule has 0 aliphatic rings. The van der Waals surface area contributed by atoms with E-state index in [-0.39, 0.29) is 12.1 Å². The lowest BCUT2D eigenvalue weighted by Gasteiger charge is -2.08. The summed E-state index contributed by atoms with van der Waals surface area (Å²) in [7, 11) is 1.61. The van der Waals surface area contributed by atoms with Gasteiger partial charge in [0.25, 0.3) is 0 Å². The van der Waals surface area contributed by atoms with Gasteiger partial charge in [-0.25, -0.2) is 0 Å². The van der Waals surface area contributed by atoms with E-state index in [1.54, 1.807) is 7.11 Å². The highest BCUT2D eigenvalue weighted by atomic mass is 16.5. The summed E-state index contributed by atoms with van der Waals surface area (Å²) in [5, 5.41) is 7.14. The van der Waals surface area contributed by atoms with Crippen LogP contribution in [0.3, 0.4) is 0 Å². The zero-order chi connectivity index (χ0) is 13.8. The van der Waals surface area contributed by atoms with Crippen molar-refractivity contribution in [3.63, 3.8) is 0 Å². The Balaban J connectivity index is 1.90. The minimum atomic E-state index is -0.164. The van der Waals surface area contributed by atoms with Gasteiger partial charge in [0, 0.05) is 7.11 Å². The molecule has 0 aromatic carbocycles. The summed E-state index contributed by atoms with van der Waals surface area (Å²) in [6.07, 6.45) is -0.164. The van der Waals surface area contributed by atoms with Crippen LogP contribution in [-0.4, -0.2) is 17.3 Å². The van der Waals surface area contributed by atoms with E-state index in [9.17, 15) is 0 Å². The summed E-state index contributed by atoms with van der Waals surface area (Å²) >= 11 is 0. The quantitative estimate of drug-likeness (QED) is 0.865. The molecule has 0 aliphatic carbocycles. The number of methoxy groups -OCH3 is 1. The van der Waals surface area contributed by atoms with Crippen molar-refractivity contribution in [2.75, 3.05) is 7.11 Å². The minimum Gasteiger partial charge on any atom is -0.465 e. The lowest BCUT2D eigenvalue weighted by Crippen LogP contribution is -2.17. The molecule has 2 aromatic rings. The molecule has 6 heteroatoms. The van der Waals surface area contributed by atoms with Crippen LogP contribution in [0, 0.1) is 6.92 Å². The third-order valence-corrected chi connectivity index (χ3v) is 2.95. The molecule has 6 nitrogen and oxygen atoms in total. The van der Waals surface area contributed by atoms with E-state index in [1.165, 1.54) is 0 Å². The number of hydrogen-bond acceptors (Lipinski definition) is 6.